The van der Waals surface area contributed by atoms with Crippen molar-refractivity contribution in [3.8, 4) is 33.4 Å². The zero-order valence-electron chi connectivity index (χ0n) is 15.5. The quantitative estimate of drug-likeness (QED) is 0.324. The monoisotopic (exact) mass is 380 g/mol. The van der Waals surface area contributed by atoms with Crippen LogP contribution in [0.15, 0.2) is 103 Å². The predicted molar refractivity (Wildman–Crippen MR) is 122 cm³/mol. The van der Waals surface area contributed by atoms with Crippen LogP contribution in [-0.2, 0) is 11.3 Å². The number of hydrogen-bond donors (Lipinski definition) is 0. The van der Waals surface area contributed by atoms with Crippen molar-refractivity contribution in [1.29, 1.82) is 0 Å². The lowest BCUT2D eigenvalue weighted by Gasteiger charge is -2.20. The largest absolute Gasteiger partial charge is 0.345 e. The summed E-state index contributed by atoms with van der Waals surface area (Å²) in [6.45, 7) is 0.503. The molecule has 4 aromatic rings. The molecule has 0 spiro atoms. The Bertz CT molecular complexity index is 1060. The first-order valence-electron chi connectivity index (χ1n) is 9.31. The summed E-state index contributed by atoms with van der Waals surface area (Å²) >= 11 is 0. The minimum Gasteiger partial charge on any atom is -0.345 e. The number of hydrogen-bond acceptors (Lipinski definition) is 1. The average Bonchev–Trinajstić information content (AvgIpc) is 2.79. The van der Waals surface area contributed by atoms with E-state index < -0.39 is 0 Å². The van der Waals surface area contributed by atoms with Gasteiger partial charge in [-0.1, -0.05) is 112 Å². The Hall–Kier alpha value is -2.99. The van der Waals surface area contributed by atoms with Gasteiger partial charge in [-0.15, -0.1) is 0 Å². The van der Waals surface area contributed by atoms with E-state index in [-0.39, 0.29) is 0 Å². The van der Waals surface area contributed by atoms with E-state index in [2.05, 4.69) is 112 Å². The first-order chi connectivity index (χ1) is 13.9. The summed E-state index contributed by atoms with van der Waals surface area (Å²) in [6.07, 6.45) is 0. The zero-order valence-corrected chi connectivity index (χ0v) is 16.5. The Morgan fingerprint density at radius 1 is 0.571 bits per heavy atom. The summed E-state index contributed by atoms with van der Waals surface area (Å²) in [5.74, 6) is 1.56. The second-order valence-corrected chi connectivity index (χ2v) is 6.78. The Balaban J connectivity index is 2.05. The Kier molecular flexibility index (Phi) is 5.77. The summed E-state index contributed by atoms with van der Waals surface area (Å²) in [4.78, 5) is 0. The van der Waals surface area contributed by atoms with Gasteiger partial charge in [-0.2, -0.15) is 0 Å². The second-order valence-electron chi connectivity index (χ2n) is 6.55. The van der Waals surface area contributed by atoms with Crippen LogP contribution in [0.2, 0.25) is 0 Å². The lowest BCUT2D eigenvalue weighted by Crippen LogP contribution is -1.98. The molecule has 0 aliphatic carbocycles. The first kappa shape index (κ1) is 18.4. The van der Waals surface area contributed by atoms with E-state index in [1.165, 1.54) is 33.4 Å². The van der Waals surface area contributed by atoms with Gasteiger partial charge in [-0.05, 0) is 38.9 Å². The van der Waals surface area contributed by atoms with Gasteiger partial charge in [0.2, 0.25) is 0 Å². The normalized spacial score (nSPS) is 10.6. The highest BCUT2D eigenvalue weighted by Crippen LogP contribution is 2.42. The second kappa shape index (κ2) is 8.80. The predicted octanol–water partition coefficient (Wildman–Crippen LogP) is 7.11. The van der Waals surface area contributed by atoms with Crippen LogP contribution in [0.3, 0.4) is 0 Å². The van der Waals surface area contributed by atoms with E-state index >= 15 is 0 Å². The fourth-order valence-electron chi connectivity index (χ4n) is 3.60. The minimum absolute atomic E-state index is 0.503. The van der Waals surface area contributed by atoms with Crippen LogP contribution in [0.1, 0.15) is 5.56 Å². The fourth-order valence-corrected chi connectivity index (χ4v) is 3.68. The molecule has 0 saturated carbocycles. The molecule has 0 unspecified atom stereocenters. The molecule has 0 heterocycles. The van der Waals surface area contributed by atoms with Crippen LogP contribution in [0.5, 0.6) is 0 Å². The van der Waals surface area contributed by atoms with Gasteiger partial charge in [0.1, 0.15) is 0 Å². The van der Waals surface area contributed by atoms with Gasteiger partial charge in [0, 0.05) is 0 Å². The highest BCUT2D eigenvalue weighted by atomic mass is 31.0. The van der Waals surface area contributed by atoms with Crippen molar-refractivity contribution in [2.45, 2.75) is 6.61 Å². The highest BCUT2D eigenvalue weighted by molar-refractivity contribution is 7.17. The molecule has 0 aliphatic heterocycles. The van der Waals surface area contributed by atoms with Crippen molar-refractivity contribution in [3.05, 3.63) is 109 Å². The topological polar surface area (TPSA) is 9.23 Å². The molecule has 136 valence electrons. The molecule has 0 amide bonds. The smallest absolute Gasteiger partial charge is 0.0786 e. The maximum absolute atomic E-state index is 5.61. The lowest BCUT2D eigenvalue weighted by molar-refractivity contribution is 0.315. The van der Waals surface area contributed by atoms with Crippen LogP contribution in [0, 0.1) is 0 Å². The molecule has 1 nitrogen and oxygen atoms in total. The molecule has 0 fully saturated rings. The van der Waals surface area contributed by atoms with Gasteiger partial charge in [0.25, 0.3) is 0 Å². The molecular formula is C26H21OP. The first-order valence-corrected chi connectivity index (χ1v) is 9.89. The third kappa shape index (κ3) is 3.82. The van der Waals surface area contributed by atoms with Crippen LogP contribution in [-0.4, -0.2) is 5.98 Å². The van der Waals surface area contributed by atoms with E-state index in [0.29, 0.717) is 6.61 Å². The molecule has 0 saturated heterocycles. The summed E-state index contributed by atoms with van der Waals surface area (Å²) < 4.78 is 5.61. The Morgan fingerprint density at radius 3 is 1.61 bits per heavy atom. The molecule has 0 bridgehead atoms. The molecule has 4 aromatic carbocycles. The fraction of sp³-hybridized carbons (Fsp3) is 0.0385. The van der Waals surface area contributed by atoms with Crippen LogP contribution in [0.25, 0.3) is 33.4 Å². The number of ether oxygens (including phenoxy) is 1. The molecule has 28 heavy (non-hydrogen) atoms. The van der Waals surface area contributed by atoms with Crippen molar-refractivity contribution in [2.24, 2.45) is 0 Å². The molecular weight excluding hydrogens is 359 g/mol. The molecule has 0 radical (unpaired) electrons. The van der Waals surface area contributed by atoms with Crippen LogP contribution >= 0.6 is 8.86 Å². The lowest BCUT2D eigenvalue weighted by atomic mass is 9.85. The van der Waals surface area contributed by atoms with E-state index in [0.717, 1.165) is 5.56 Å². The Morgan fingerprint density at radius 2 is 1.07 bits per heavy atom. The maximum atomic E-state index is 5.61. The minimum atomic E-state index is 0.503. The number of rotatable bonds is 6. The molecule has 2 heteroatoms. The third-order valence-corrected chi connectivity index (χ3v) is 4.99. The van der Waals surface area contributed by atoms with E-state index in [4.69, 9.17) is 4.74 Å². The van der Waals surface area contributed by atoms with E-state index in [1.54, 1.807) is 5.98 Å². The molecule has 0 aliphatic rings. The van der Waals surface area contributed by atoms with Crippen molar-refractivity contribution in [3.63, 3.8) is 0 Å². The molecule has 0 aromatic heterocycles. The zero-order chi connectivity index (χ0) is 19.2. The van der Waals surface area contributed by atoms with Crippen molar-refractivity contribution >= 4 is 14.8 Å². The average molecular weight is 380 g/mol. The highest BCUT2D eigenvalue weighted by Gasteiger charge is 2.17. The van der Waals surface area contributed by atoms with Gasteiger partial charge < -0.3 is 4.74 Å². The van der Waals surface area contributed by atoms with Crippen LogP contribution < -0.4 is 0 Å². The van der Waals surface area contributed by atoms with E-state index in [9.17, 15) is 0 Å². The summed E-state index contributed by atoms with van der Waals surface area (Å²) in [5.41, 5.74) is 8.40. The van der Waals surface area contributed by atoms with Gasteiger partial charge in [-0.3, -0.25) is 0 Å². The summed E-state index contributed by atoms with van der Waals surface area (Å²) in [5, 5.41) is 0. The van der Waals surface area contributed by atoms with Crippen LogP contribution in [0.4, 0.5) is 0 Å². The Labute approximate surface area is 168 Å². The third-order valence-electron chi connectivity index (χ3n) is 4.82. The van der Waals surface area contributed by atoms with Crippen molar-refractivity contribution in [1.82, 2.24) is 0 Å². The number of benzene rings is 4. The maximum Gasteiger partial charge on any atom is 0.0786 e. The molecule has 0 N–H and O–H groups in total. The standard InChI is InChI=1S/C26H21OP/c28-19-27-18-23-16-17-24(20-10-4-1-5-11-20)26(22-14-8-3-9-15-22)25(23)21-12-6-2-7-13-21/h1-17,19,28H,18H2. The van der Waals surface area contributed by atoms with E-state index in [1.807, 2.05) is 0 Å². The summed E-state index contributed by atoms with van der Waals surface area (Å²) in [7, 11) is 3.30. The summed E-state index contributed by atoms with van der Waals surface area (Å²) in [6, 6.07) is 36.1. The van der Waals surface area contributed by atoms with Crippen molar-refractivity contribution in [2.75, 3.05) is 0 Å². The molecule has 4 rings (SSSR count). The molecule has 0 atom stereocenters. The van der Waals surface area contributed by atoms with Crippen molar-refractivity contribution < 1.29 is 4.74 Å². The van der Waals surface area contributed by atoms with Gasteiger partial charge in [0.05, 0.1) is 12.6 Å². The SMILES string of the molecule is P=COCc1ccc(-c2ccccc2)c(-c2ccccc2)c1-c1ccccc1. The van der Waals surface area contributed by atoms with Gasteiger partial charge >= 0.3 is 0 Å². The van der Waals surface area contributed by atoms with Gasteiger partial charge in [-0.25, -0.2) is 0 Å². The van der Waals surface area contributed by atoms with Gasteiger partial charge in [0.15, 0.2) is 0 Å².